The number of hydrogen-bond acceptors (Lipinski definition) is 3. The number of anilines is 2. The van der Waals surface area contributed by atoms with E-state index in [0.717, 1.165) is 16.0 Å². The second-order valence-corrected chi connectivity index (χ2v) is 6.81. The highest BCUT2D eigenvalue weighted by Crippen LogP contribution is 2.28. The van der Waals surface area contributed by atoms with Crippen LogP contribution < -0.4 is 11.1 Å². The number of nitrogens with two attached hydrogens (primary N) is 1. The van der Waals surface area contributed by atoms with Crippen molar-refractivity contribution in [2.45, 2.75) is 4.90 Å². The minimum atomic E-state index is -0.187. The van der Waals surface area contributed by atoms with Crippen LogP contribution >= 0.6 is 23.4 Å². The third-order valence-electron chi connectivity index (χ3n) is 3.83. The smallest absolute Gasteiger partial charge is 0.255 e. The van der Waals surface area contributed by atoms with Crippen molar-refractivity contribution in [2.75, 3.05) is 17.3 Å². The minimum absolute atomic E-state index is 0.187. The average molecular weight is 369 g/mol. The molecule has 0 unspecified atom stereocenters. The highest BCUT2D eigenvalue weighted by Gasteiger charge is 2.10. The molecule has 0 radical (unpaired) electrons. The summed E-state index contributed by atoms with van der Waals surface area (Å²) in [4.78, 5) is 13.6. The molecule has 3 aromatic carbocycles. The summed E-state index contributed by atoms with van der Waals surface area (Å²) in [5, 5.41) is 3.57. The molecular formula is C20H17ClN2OS. The number of benzene rings is 3. The Morgan fingerprint density at radius 3 is 2.24 bits per heavy atom. The first-order valence-electron chi connectivity index (χ1n) is 7.67. The van der Waals surface area contributed by atoms with Crippen molar-refractivity contribution in [1.82, 2.24) is 0 Å². The number of hydrogen-bond donors (Lipinski definition) is 2. The predicted octanol–water partition coefficient (Wildman–Crippen LogP) is 5.56. The van der Waals surface area contributed by atoms with Crippen LogP contribution in [0.15, 0.2) is 71.6 Å². The second-order valence-electron chi connectivity index (χ2n) is 5.49. The van der Waals surface area contributed by atoms with Crippen molar-refractivity contribution in [1.29, 1.82) is 0 Å². The summed E-state index contributed by atoms with van der Waals surface area (Å²) in [6, 6.07) is 20.6. The summed E-state index contributed by atoms with van der Waals surface area (Å²) < 4.78 is 0. The third-order valence-corrected chi connectivity index (χ3v) is 4.83. The number of carbonyl (C=O) groups excluding carboxylic acids is 1. The lowest BCUT2D eigenvalue weighted by molar-refractivity contribution is 0.102. The lowest BCUT2D eigenvalue weighted by atomic mass is 10.0. The molecule has 1 amide bonds. The van der Waals surface area contributed by atoms with Crippen molar-refractivity contribution in [2.24, 2.45) is 0 Å². The fraction of sp³-hybridized carbons (Fsp3) is 0.0500. The van der Waals surface area contributed by atoms with Gasteiger partial charge in [-0.05, 0) is 65.9 Å². The van der Waals surface area contributed by atoms with Gasteiger partial charge in [0.1, 0.15) is 0 Å². The summed E-state index contributed by atoms with van der Waals surface area (Å²) in [6.45, 7) is 0. The number of halogens is 1. The van der Waals surface area contributed by atoms with E-state index in [1.807, 2.05) is 54.8 Å². The van der Waals surface area contributed by atoms with E-state index in [2.05, 4.69) is 5.32 Å². The lowest BCUT2D eigenvalue weighted by Crippen LogP contribution is -2.13. The van der Waals surface area contributed by atoms with Gasteiger partial charge in [-0.1, -0.05) is 29.8 Å². The van der Waals surface area contributed by atoms with E-state index in [9.17, 15) is 4.79 Å². The highest BCUT2D eigenvalue weighted by molar-refractivity contribution is 7.98. The largest absolute Gasteiger partial charge is 0.397 e. The fourth-order valence-electron chi connectivity index (χ4n) is 2.42. The molecule has 5 heteroatoms. The van der Waals surface area contributed by atoms with Gasteiger partial charge in [-0.15, -0.1) is 11.8 Å². The number of thioether (sulfide) groups is 1. The number of amides is 1. The van der Waals surface area contributed by atoms with Gasteiger partial charge >= 0.3 is 0 Å². The summed E-state index contributed by atoms with van der Waals surface area (Å²) in [5.41, 5.74) is 9.69. The van der Waals surface area contributed by atoms with Gasteiger partial charge in [0.2, 0.25) is 0 Å². The molecule has 0 aliphatic heterocycles. The van der Waals surface area contributed by atoms with Crippen molar-refractivity contribution < 1.29 is 4.79 Å². The van der Waals surface area contributed by atoms with Crippen LogP contribution in [0.3, 0.4) is 0 Å². The Morgan fingerprint density at radius 2 is 1.60 bits per heavy atom. The molecule has 0 saturated carbocycles. The topological polar surface area (TPSA) is 55.1 Å². The zero-order valence-corrected chi connectivity index (χ0v) is 15.2. The first kappa shape index (κ1) is 17.4. The molecule has 0 bridgehead atoms. The predicted molar refractivity (Wildman–Crippen MR) is 107 cm³/mol. The summed E-state index contributed by atoms with van der Waals surface area (Å²) in [6.07, 6.45) is 2.00. The van der Waals surface area contributed by atoms with Crippen molar-refractivity contribution in [3.05, 3.63) is 77.3 Å². The van der Waals surface area contributed by atoms with Crippen LogP contribution in [-0.2, 0) is 0 Å². The van der Waals surface area contributed by atoms with Crippen LogP contribution in [-0.4, -0.2) is 12.2 Å². The average Bonchev–Trinajstić information content (AvgIpc) is 2.64. The molecule has 25 heavy (non-hydrogen) atoms. The molecule has 126 valence electrons. The van der Waals surface area contributed by atoms with Crippen LogP contribution in [0.1, 0.15) is 10.4 Å². The van der Waals surface area contributed by atoms with Gasteiger partial charge in [0.25, 0.3) is 5.91 Å². The maximum Gasteiger partial charge on any atom is 0.255 e. The summed E-state index contributed by atoms with van der Waals surface area (Å²) in [7, 11) is 0. The molecule has 0 aliphatic rings. The van der Waals surface area contributed by atoms with Crippen LogP contribution in [0.4, 0.5) is 11.4 Å². The molecule has 0 atom stereocenters. The Balaban J connectivity index is 1.84. The Labute approximate surface area is 156 Å². The van der Waals surface area contributed by atoms with Crippen LogP contribution in [0.2, 0.25) is 5.02 Å². The lowest BCUT2D eigenvalue weighted by Gasteiger charge is -2.11. The molecular weight excluding hydrogens is 352 g/mol. The molecule has 3 rings (SSSR count). The van der Waals surface area contributed by atoms with E-state index in [-0.39, 0.29) is 5.91 Å². The quantitative estimate of drug-likeness (QED) is 0.468. The van der Waals surface area contributed by atoms with Gasteiger partial charge in [-0.3, -0.25) is 4.79 Å². The van der Waals surface area contributed by atoms with Gasteiger partial charge in [-0.25, -0.2) is 0 Å². The van der Waals surface area contributed by atoms with Gasteiger partial charge in [-0.2, -0.15) is 0 Å². The van der Waals surface area contributed by atoms with E-state index in [0.29, 0.717) is 22.0 Å². The molecule has 3 aromatic rings. The van der Waals surface area contributed by atoms with E-state index < -0.39 is 0 Å². The van der Waals surface area contributed by atoms with E-state index in [4.69, 9.17) is 17.3 Å². The molecule has 0 saturated heterocycles. The van der Waals surface area contributed by atoms with Gasteiger partial charge in [0.15, 0.2) is 0 Å². The SMILES string of the molecule is CSc1ccc(C(=O)Nc2cc(-c3ccc(Cl)cc3)ccc2N)cc1. The van der Waals surface area contributed by atoms with E-state index >= 15 is 0 Å². The third kappa shape index (κ3) is 4.16. The maximum absolute atomic E-state index is 12.5. The first-order chi connectivity index (χ1) is 12.1. The second kappa shape index (κ2) is 7.64. The molecule has 0 spiro atoms. The summed E-state index contributed by atoms with van der Waals surface area (Å²) in [5.74, 6) is -0.187. The van der Waals surface area contributed by atoms with Gasteiger partial charge in [0.05, 0.1) is 11.4 Å². The van der Waals surface area contributed by atoms with Gasteiger partial charge < -0.3 is 11.1 Å². The molecule has 0 aromatic heterocycles. The maximum atomic E-state index is 12.5. The van der Waals surface area contributed by atoms with Crippen molar-refractivity contribution in [3.63, 3.8) is 0 Å². The number of carbonyl (C=O) groups is 1. The molecule has 0 aliphatic carbocycles. The molecule has 0 fully saturated rings. The Morgan fingerprint density at radius 1 is 0.960 bits per heavy atom. The number of nitrogen functional groups attached to an aromatic ring is 1. The van der Waals surface area contributed by atoms with E-state index in [1.165, 1.54) is 0 Å². The number of rotatable bonds is 4. The van der Waals surface area contributed by atoms with Crippen LogP contribution in [0.5, 0.6) is 0 Å². The Hall–Kier alpha value is -2.43. The minimum Gasteiger partial charge on any atom is -0.397 e. The molecule has 0 heterocycles. The number of nitrogens with one attached hydrogen (secondary N) is 1. The Bertz CT molecular complexity index is 893. The van der Waals surface area contributed by atoms with Crippen LogP contribution in [0.25, 0.3) is 11.1 Å². The first-order valence-corrected chi connectivity index (χ1v) is 9.28. The Kier molecular flexibility index (Phi) is 5.31. The normalized spacial score (nSPS) is 10.5. The van der Waals surface area contributed by atoms with Crippen molar-refractivity contribution >= 4 is 40.6 Å². The zero-order chi connectivity index (χ0) is 17.8. The zero-order valence-electron chi connectivity index (χ0n) is 13.6. The highest BCUT2D eigenvalue weighted by atomic mass is 35.5. The fourth-order valence-corrected chi connectivity index (χ4v) is 2.96. The molecule has 3 N–H and O–H groups in total. The molecule has 3 nitrogen and oxygen atoms in total. The van der Waals surface area contributed by atoms with Gasteiger partial charge in [0, 0.05) is 15.5 Å². The van der Waals surface area contributed by atoms with Crippen LogP contribution in [0, 0.1) is 0 Å². The monoisotopic (exact) mass is 368 g/mol. The van der Waals surface area contributed by atoms with Crippen molar-refractivity contribution in [3.8, 4) is 11.1 Å². The summed E-state index contributed by atoms with van der Waals surface area (Å²) >= 11 is 7.57. The van der Waals surface area contributed by atoms with E-state index in [1.54, 1.807) is 30.0 Å². The standard InChI is InChI=1S/C20H17ClN2OS/c1-25-17-9-4-14(5-10-17)20(24)23-19-12-15(6-11-18(19)22)13-2-7-16(21)8-3-13/h2-12H,22H2,1H3,(H,23,24).